The van der Waals surface area contributed by atoms with Crippen molar-refractivity contribution in [2.75, 3.05) is 6.61 Å². The molecule has 3 rings (SSSR count). The third-order valence-electron chi connectivity index (χ3n) is 4.54. The Kier molecular flexibility index (Phi) is 8.03. The van der Waals surface area contributed by atoms with Crippen molar-refractivity contribution in [2.45, 2.75) is 20.0 Å². The quantitative estimate of drug-likeness (QED) is 0.118. The predicted octanol–water partition coefficient (Wildman–Crippen LogP) is 8.12. The van der Waals surface area contributed by atoms with Crippen molar-refractivity contribution in [1.29, 1.82) is 0 Å². The number of rotatable bonds is 7. The molecule has 0 aliphatic heterocycles. The van der Waals surface area contributed by atoms with Gasteiger partial charge in [-0.3, -0.25) is 15.1 Å². The second-order valence-corrected chi connectivity index (χ2v) is 8.56. The minimum Gasteiger partial charge on any atom is -0.490 e. The van der Waals surface area contributed by atoms with Crippen LogP contribution in [0.5, 0.6) is 17.2 Å². The number of ether oxygens (including phenoxy) is 2. The van der Waals surface area contributed by atoms with Gasteiger partial charge in [-0.25, -0.2) is 0 Å². The van der Waals surface area contributed by atoms with Gasteiger partial charge in [0, 0.05) is 17.3 Å². The van der Waals surface area contributed by atoms with Crippen LogP contribution in [0.1, 0.15) is 23.6 Å². The second-order valence-electron chi connectivity index (χ2n) is 6.99. The SMILES string of the molecule is CCOc1cc(C=Nc2ccc(C)c(Cl)c2)cc(I)c1Oc1ccc(C(F)(F)F)cc1[N+](=O)[O-]. The molecule has 3 aromatic rings. The van der Waals surface area contributed by atoms with Gasteiger partial charge in [0.1, 0.15) is 0 Å². The normalized spacial score (nSPS) is 11.6. The fourth-order valence-corrected chi connectivity index (χ4v) is 3.78. The van der Waals surface area contributed by atoms with Gasteiger partial charge in [0.25, 0.3) is 0 Å². The number of halogens is 5. The summed E-state index contributed by atoms with van der Waals surface area (Å²) in [6.45, 7) is 3.88. The van der Waals surface area contributed by atoms with Crippen molar-refractivity contribution in [1.82, 2.24) is 0 Å². The van der Waals surface area contributed by atoms with Gasteiger partial charge in [-0.05, 0) is 84.0 Å². The largest absolute Gasteiger partial charge is 0.490 e. The van der Waals surface area contributed by atoms with Crippen LogP contribution in [0.25, 0.3) is 0 Å². The first kappa shape index (κ1) is 25.8. The molecule has 0 radical (unpaired) electrons. The number of hydrogen-bond acceptors (Lipinski definition) is 5. The first-order valence-corrected chi connectivity index (χ1v) is 11.2. The maximum absolute atomic E-state index is 13.0. The molecule has 0 spiro atoms. The minimum atomic E-state index is -4.73. The summed E-state index contributed by atoms with van der Waals surface area (Å²) in [4.78, 5) is 14.9. The molecule has 3 aromatic carbocycles. The smallest absolute Gasteiger partial charge is 0.416 e. The summed E-state index contributed by atoms with van der Waals surface area (Å²) in [5, 5.41) is 12.0. The fraction of sp³-hybridized carbons (Fsp3) is 0.174. The zero-order valence-corrected chi connectivity index (χ0v) is 20.7. The molecule has 0 atom stereocenters. The summed E-state index contributed by atoms with van der Waals surface area (Å²) < 4.78 is 50.8. The summed E-state index contributed by atoms with van der Waals surface area (Å²) in [7, 11) is 0. The summed E-state index contributed by atoms with van der Waals surface area (Å²) >= 11 is 8.09. The van der Waals surface area contributed by atoms with Crippen molar-refractivity contribution in [3.63, 3.8) is 0 Å². The van der Waals surface area contributed by atoms with Crippen LogP contribution in [0.15, 0.2) is 53.5 Å². The van der Waals surface area contributed by atoms with E-state index in [0.717, 1.165) is 17.7 Å². The third-order valence-corrected chi connectivity index (χ3v) is 5.75. The minimum absolute atomic E-state index is 0.140. The van der Waals surface area contributed by atoms with E-state index in [4.69, 9.17) is 21.1 Å². The van der Waals surface area contributed by atoms with Crippen molar-refractivity contribution in [2.24, 2.45) is 4.99 Å². The molecule has 0 saturated carbocycles. The number of nitro groups is 1. The van der Waals surface area contributed by atoms with E-state index in [-0.39, 0.29) is 23.9 Å². The van der Waals surface area contributed by atoms with E-state index in [1.54, 1.807) is 31.3 Å². The molecule has 11 heteroatoms. The molecule has 0 amide bonds. The van der Waals surface area contributed by atoms with Gasteiger partial charge < -0.3 is 9.47 Å². The van der Waals surface area contributed by atoms with Crippen LogP contribution in [-0.4, -0.2) is 17.7 Å². The van der Waals surface area contributed by atoms with Crippen LogP contribution in [0.4, 0.5) is 24.5 Å². The first-order valence-electron chi connectivity index (χ1n) is 9.79. The van der Waals surface area contributed by atoms with E-state index in [0.29, 0.717) is 25.9 Å². The molecule has 0 N–H and O–H groups in total. The van der Waals surface area contributed by atoms with Gasteiger partial charge in [0.05, 0.1) is 26.4 Å². The molecule has 0 aliphatic carbocycles. The Morgan fingerprint density at radius 3 is 2.50 bits per heavy atom. The van der Waals surface area contributed by atoms with Crippen LogP contribution in [0.3, 0.4) is 0 Å². The van der Waals surface area contributed by atoms with Gasteiger partial charge in [-0.15, -0.1) is 0 Å². The third kappa shape index (κ3) is 6.17. The van der Waals surface area contributed by atoms with Gasteiger partial charge in [0.2, 0.25) is 5.75 Å². The first-order chi connectivity index (χ1) is 16.0. The Morgan fingerprint density at radius 1 is 1.15 bits per heavy atom. The molecular formula is C23H17ClF3IN2O4. The van der Waals surface area contributed by atoms with E-state index in [1.165, 1.54) is 0 Å². The fourth-order valence-electron chi connectivity index (χ4n) is 2.87. The Morgan fingerprint density at radius 2 is 1.88 bits per heavy atom. The van der Waals surface area contributed by atoms with Gasteiger partial charge in [-0.2, -0.15) is 13.2 Å². The highest BCUT2D eigenvalue weighted by Crippen LogP contribution is 2.42. The zero-order chi connectivity index (χ0) is 25.0. The molecule has 34 heavy (non-hydrogen) atoms. The van der Waals surface area contributed by atoms with Gasteiger partial charge >= 0.3 is 11.9 Å². The van der Waals surface area contributed by atoms with Crippen LogP contribution in [0, 0.1) is 20.6 Å². The number of alkyl halides is 3. The molecule has 0 fully saturated rings. The number of nitrogens with zero attached hydrogens (tertiary/aromatic N) is 2. The Balaban J connectivity index is 1.98. The van der Waals surface area contributed by atoms with Crippen molar-refractivity contribution >= 4 is 51.8 Å². The molecule has 0 heterocycles. The molecular weight excluding hydrogens is 588 g/mol. The number of aliphatic imine (C=N–C) groups is 1. The summed E-state index contributed by atoms with van der Waals surface area (Å²) in [6, 6.07) is 10.8. The lowest BCUT2D eigenvalue weighted by Gasteiger charge is -2.15. The van der Waals surface area contributed by atoms with E-state index in [9.17, 15) is 23.3 Å². The maximum atomic E-state index is 13.0. The Labute approximate surface area is 211 Å². The van der Waals surface area contributed by atoms with Crippen molar-refractivity contribution in [3.8, 4) is 17.2 Å². The average Bonchev–Trinajstić information content (AvgIpc) is 2.76. The summed E-state index contributed by atoms with van der Waals surface area (Å²) in [5.74, 6) is 0.0559. The van der Waals surface area contributed by atoms with E-state index in [1.807, 2.05) is 41.6 Å². The highest BCUT2D eigenvalue weighted by atomic mass is 127. The Bertz CT molecular complexity index is 1270. The van der Waals surface area contributed by atoms with E-state index in [2.05, 4.69) is 4.99 Å². The average molecular weight is 605 g/mol. The summed E-state index contributed by atoms with van der Waals surface area (Å²) in [6.07, 6.45) is -3.13. The highest BCUT2D eigenvalue weighted by Gasteiger charge is 2.33. The molecule has 0 aromatic heterocycles. The topological polar surface area (TPSA) is 74.0 Å². The van der Waals surface area contributed by atoms with Crippen LogP contribution in [0.2, 0.25) is 5.02 Å². The number of aryl methyl sites for hydroxylation is 1. The molecule has 0 aliphatic rings. The van der Waals surface area contributed by atoms with E-state index < -0.39 is 22.4 Å². The highest BCUT2D eigenvalue weighted by molar-refractivity contribution is 14.1. The molecule has 6 nitrogen and oxygen atoms in total. The molecule has 0 unspecified atom stereocenters. The second kappa shape index (κ2) is 10.6. The van der Waals surface area contributed by atoms with Crippen molar-refractivity contribution < 1.29 is 27.6 Å². The number of hydrogen-bond donors (Lipinski definition) is 0. The van der Waals surface area contributed by atoms with Crippen LogP contribution >= 0.6 is 34.2 Å². The van der Waals surface area contributed by atoms with Crippen LogP contribution < -0.4 is 9.47 Å². The summed E-state index contributed by atoms with van der Waals surface area (Å²) in [5.41, 5.74) is 0.264. The van der Waals surface area contributed by atoms with Gasteiger partial charge in [0.15, 0.2) is 11.5 Å². The number of benzene rings is 3. The predicted molar refractivity (Wildman–Crippen MR) is 132 cm³/mol. The molecule has 0 saturated heterocycles. The molecule has 0 bridgehead atoms. The molecule has 178 valence electrons. The lowest BCUT2D eigenvalue weighted by atomic mass is 10.1. The van der Waals surface area contributed by atoms with Gasteiger partial charge in [-0.1, -0.05) is 17.7 Å². The monoisotopic (exact) mass is 604 g/mol. The standard InChI is InChI=1S/C23H17ClF3IN2O4/c1-3-33-21-9-14(12-29-16-6-4-13(2)17(24)11-16)8-18(28)22(21)34-20-7-5-15(23(25,26)27)10-19(20)30(31)32/h4-12H,3H2,1-2H3. The van der Waals surface area contributed by atoms with E-state index >= 15 is 0 Å². The lowest BCUT2D eigenvalue weighted by Crippen LogP contribution is -2.06. The zero-order valence-electron chi connectivity index (χ0n) is 17.8. The van der Waals surface area contributed by atoms with Crippen LogP contribution in [-0.2, 0) is 6.18 Å². The Hall–Kier alpha value is -2.86. The lowest BCUT2D eigenvalue weighted by molar-refractivity contribution is -0.385. The number of nitro benzene ring substituents is 1. The van der Waals surface area contributed by atoms with Crippen molar-refractivity contribution in [3.05, 3.63) is 83.9 Å². The maximum Gasteiger partial charge on any atom is 0.416 e.